The highest BCUT2D eigenvalue weighted by Crippen LogP contribution is 2.29. The number of carbonyl (C=O) groups is 2. The molecule has 0 unspecified atom stereocenters. The van der Waals surface area contributed by atoms with Crippen LogP contribution < -0.4 is 10.1 Å². The van der Waals surface area contributed by atoms with Crippen molar-refractivity contribution < 1.29 is 27.5 Å². The molecule has 0 atom stereocenters. The van der Waals surface area contributed by atoms with Crippen molar-refractivity contribution in [3.63, 3.8) is 0 Å². The molecule has 1 aliphatic rings. The van der Waals surface area contributed by atoms with Crippen LogP contribution in [0.2, 0.25) is 0 Å². The zero-order valence-electron chi connectivity index (χ0n) is 17.3. The monoisotopic (exact) mass is 443 g/mol. The van der Waals surface area contributed by atoms with Crippen LogP contribution in [-0.4, -0.2) is 44.2 Å². The van der Waals surface area contributed by atoms with E-state index in [-0.39, 0.29) is 36.5 Å². The van der Waals surface area contributed by atoms with Crippen LogP contribution >= 0.6 is 0 Å². The summed E-state index contributed by atoms with van der Waals surface area (Å²) in [5, 5.41) is 2.64. The number of anilines is 1. The molecular formula is C21H19F2N5O4. The van der Waals surface area contributed by atoms with Crippen LogP contribution in [0.3, 0.4) is 0 Å². The summed E-state index contributed by atoms with van der Waals surface area (Å²) in [4.78, 5) is 38.7. The maximum Gasteiger partial charge on any atom is 0.294 e. The molecule has 9 nitrogen and oxygen atoms in total. The largest absolute Gasteiger partial charge is 0.471 e. The third-order valence-electron chi connectivity index (χ3n) is 4.73. The SMILES string of the molecule is Cc1cc(CN2Cc3c(ccnc3NC(=O)c3cnco3)C2=O)cnc1OCC(C)(F)F. The van der Waals surface area contributed by atoms with Gasteiger partial charge in [0.05, 0.1) is 12.7 Å². The molecule has 3 aromatic rings. The van der Waals surface area contributed by atoms with Gasteiger partial charge in [-0.25, -0.2) is 23.7 Å². The Kier molecular flexibility index (Phi) is 5.56. The minimum absolute atomic E-state index is 0.0234. The summed E-state index contributed by atoms with van der Waals surface area (Å²) in [6.45, 7) is 2.16. The summed E-state index contributed by atoms with van der Waals surface area (Å²) in [6.07, 6.45) is 5.35. The van der Waals surface area contributed by atoms with Gasteiger partial charge in [-0.05, 0) is 24.6 Å². The number of ether oxygens (including phenoxy) is 1. The summed E-state index contributed by atoms with van der Waals surface area (Å²) in [7, 11) is 0. The zero-order chi connectivity index (χ0) is 22.9. The molecule has 32 heavy (non-hydrogen) atoms. The quantitative estimate of drug-likeness (QED) is 0.597. The summed E-state index contributed by atoms with van der Waals surface area (Å²) >= 11 is 0. The summed E-state index contributed by atoms with van der Waals surface area (Å²) < 4.78 is 36.1. The second-order valence-electron chi connectivity index (χ2n) is 7.49. The normalized spacial score (nSPS) is 13.2. The van der Waals surface area contributed by atoms with Gasteiger partial charge in [0.25, 0.3) is 17.7 Å². The van der Waals surface area contributed by atoms with E-state index in [0.717, 1.165) is 13.3 Å². The summed E-state index contributed by atoms with van der Waals surface area (Å²) in [6, 6.07) is 3.32. The number of fused-ring (bicyclic) bond motifs is 1. The fourth-order valence-corrected chi connectivity index (χ4v) is 3.29. The average molecular weight is 443 g/mol. The van der Waals surface area contributed by atoms with Crippen LogP contribution in [0.15, 0.2) is 41.5 Å². The second kappa shape index (κ2) is 8.33. The Morgan fingerprint density at radius 2 is 2.16 bits per heavy atom. The molecule has 0 aliphatic carbocycles. The molecular weight excluding hydrogens is 424 g/mol. The van der Waals surface area contributed by atoms with E-state index in [9.17, 15) is 18.4 Å². The number of amides is 2. The van der Waals surface area contributed by atoms with Crippen LogP contribution in [0.4, 0.5) is 14.6 Å². The van der Waals surface area contributed by atoms with Gasteiger partial charge >= 0.3 is 0 Å². The lowest BCUT2D eigenvalue weighted by molar-refractivity contribution is -0.0244. The van der Waals surface area contributed by atoms with E-state index in [1.54, 1.807) is 24.0 Å². The maximum atomic E-state index is 13.0. The summed E-state index contributed by atoms with van der Waals surface area (Å²) in [5.41, 5.74) is 2.31. The smallest absolute Gasteiger partial charge is 0.294 e. The third kappa shape index (κ3) is 4.56. The first-order valence-corrected chi connectivity index (χ1v) is 9.64. The lowest BCUT2D eigenvalue weighted by Crippen LogP contribution is -2.24. The molecule has 0 saturated carbocycles. The number of pyridine rings is 2. The first kappa shape index (κ1) is 21.3. The molecule has 4 rings (SSSR count). The predicted molar refractivity (Wildman–Crippen MR) is 107 cm³/mol. The van der Waals surface area contributed by atoms with Gasteiger partial charge in [-0.3, -0.25) is 9.59 Å². The number of nitrogens with zero attached hydrogens (tertiary/aromatic N) is 4. The van der Waals surface area contributed by atoms with Crippen molar-refractivity contribution in [3.8, 4) is 5.88 Å². The molecule has 1 N–H and O–H groups in total. The van der Waals surface area contributed by atoms with Crippen LogP contribution in [0.5, 0.6) is 5.88 Å². The number of oxazole rings is 1. The van der Waals surface area contributed by atoms with E-state index in [1.807, 2.05) is 0 Å². The van der Waals surface area contributed by atoms with Gasteiger partial charge in [0.15, 0.2) is 13.0 Å². The number of hydrogen-bond donors (Lipinski definition) is 1. The minimum Gasteiger partial charge on any atom is -0.471 e. The lowest BCUT2D eigenvalue weighted by atomic mass is 10.1. The number of aromatic nitrogens is 3. The molecule has 166 valence electrons. The number of halogens is 2. The van der Waals surface area contributed by atoms with E-state index in [2.05, 4.69) is 20.3 Å². The molecule has 0 fully saturated rings. The highest BCUT2D eigenvalue weighted by Gasteiger charge is 2.31. The van der Waals surface area contributed by atoms with Gasteiger partial charge in [-0.1, -0.05) is 0 Å². The number of nitrogens with one attached hydrogen (secondary N) is 1. The number of aryl methyl sites for hydroxylation is 1. The average Bonchev–Trinajstić information content (AvgIpc) is 3.37. The number of alkyl halides is 2. The van der Waals surface area contributed by atoms with Crippen molar-refractivity contribution >= 4 is 17.6 Å². The fourth-order valence-electron chi connectivity index (χ4n) is 3.29. The van der Waals surface area contributed by atoms with Crippen LogP contribution in [0.1, 0.15) is 44.5 Å². The Balaban J connectivity index is 1.47. The number of rotatable bonds is 7. The number of carbonyl (C=O) groups excluding carboxylic acids is 2. The van der Waals surface area contributed by atoms with Crippen molar-refractivity contribution in [1.29, 1.82) is 0 Å². The van der Waals surface area contributed by atoms with Crippen molar-refractivity contribution in [2.24, 2.45) is 0 Å². The lowest BCUT2D eigenvalue weighted by Gasteiger charge is -2.17. The van der Waals surface area contributed by atoms with E-state index in [0.29, 0.717) is 22.3 Å². The molecule has 0 radical (unpaired) electrons. The van der Waals surface area contributed by atoms with Gasteiger partial charge in [0, 0.05) is 42.6 Å². The Morgan fingerprint density at radius 3 is 2.84 bits per heavy atom. The molecule has 0 spiro atoms. The molecule has 0 aromatic carbocycles. The van der Waals surface area contributed by atoms with Crippen molar-refractivity contribution in [2.45, 2.75) is 32.9 Å². The van der Waals surface area contributed by atoms with Crippen molar-refractivity contribution in [3.05, 3.63) is 65.1 Å². The molecule has 4 heterocycles. The Hall–Kier alpha value is -3.89. The Bertz CT molecular complexity index is 1160. The molecule has 0 saturated heterocycles. The van der Waals surface area contributed by atoms with Gasteiger partial charge in [0.2, 0.25) is 11.6 Å². The molecule has 3 aromatic heterocycles. The zero-order valence-corrected chi connectivity index (χ0v) is 17.3. The van der Waals surface area contributed by atoms with Crippen molar-refractivity contribution in [1.82, 2.24) is 19.9 Å². The second-order valence-corrected chi connectivity index (χ2v) is 7.49. The highest BCUT2D eigenvalue weighted by atomic mass is 19.3. The van der Waals surface area contributed by atoms with E-state index < -0.39 is 18.4 Å². The molecule has 0 bridgehead atoms. The third-order valence-corrected chi connectivity index (χ3v) is 4.73. The minimum atomic E-state index is -2.96. The van der Waals surface area contributed by atoms with E-state index in [1.165, 1.54) is 18.6 Å². The first-order valence-electron chi connectivity index (χ1n) is 9.64. The van der Waals surface area contributed by atoms with Crippen LogP contribution in [0, 0.1) is 6.92 Å². The van der Waals surface area contributed by atoms with Gasteiger partial charge in [-0.2, -0.15) is 0 Å². The first-order chi connectivity index (χ1) is 15.2. The van der Waals surface area contributed by atoms with Gasteiger partial charge in [-0.15, -0.1) is 0 Å². The maximum absolute atomic E-state index is 13.0. The molecule has 11 heteroatoms. The van der Waals surface area contributed by atoms with E-state index >= 15 is 0 Å². The number of hydrogen-bond acceptors (Lipinski definition) is 7. The van der Waals surface area contributed by atoms with Crippen LogP contribution in [-0.2, 0) is 13.1 Å². The Labute approximate surface area is 181 Å². The fraction of sp³-hybridized carbons (Fsp3) is 0.286. The van der Waals surface area contributed by atoms with Crippen molar-refractivity contribution in [2.75, 3.05) is 11.9 Å². The van der Waals surface area contributed by atoms with Gasteiger partial charge in [0.1, 0.15) is 5.82 Å². The van der Waals surface area contributed by atoms with E-state index in [4.69, 9.17) is 9.15 Å². The summed E-state index contributed by atoms with van der Waals surface area (Å²) in [5.74, 6) is -3.31. The van der Waals surface area contributed by atoms with Crippen LogP contribution in [0.25, 0.3) is 0 Å². The Morgan fingerprint density at radius 1 is 1.34 bits per heavy atom. The predicted octanol–water partition coefficient (Wildman–Crippen LogP) is 3.22. The standard InChI is InChI=1S/C21H19F2N5O4/c1-12-5-13(6-26-19(12)31-10-21(2,22)23)8-28-9-15-14(20(28)30)3-4-25-17(15)27-18(29)16-7-24-11-32-16/h3-7,11H,8-10H2,1-2H3,(H,25,27,29). The molecule has 1 aliphatic heterocycles. The molecule has 2 amide bonds. The van der Waals surface area contributed by atoms with Gasteiger partial charge < -0.3 is 19.4 Å². The highest BCUT2D eigenvalue weighted by molar-refractivity contribution is 6.04. The topological polar surface area (TPSA) is 110 Å².